The molecule has 1 atom stereocenters. The molecule has 4 aromatic rings. The molecule has 0 aliphatic rings. The molecule has 0 radical (unpaired) electrons. The zero-order valence-electron chi connectivity index (χ0n) is 21.7. The van der Waals surface area contributed by atoms with Crippen LogP contribution in [0.3, 0.4) is 0 Å². The van der Waals surface area contributed by atoms with Crippen LogP contribution in [0.15, 0.2) is 48.0 Å². The predicted molar refractivity (Wildman–Crippen MR) is 150 cm³/mol. The monoisotopic (exact) mass is 567 g/mol. The predicted octanol–water partition coefficient (Wildman–Crippen LogP) is 3.65. The van der Waals surface area contributed by atoms with E-state index < -0.39 is 17.9 Å². The number of esters is 1. The first-order chi connectivity index (χ1) is 18.7. The molecular weight excluding hydrogens is 538 g/mol. The molecule has 3 amide bonds. The fourth-order valence-electron chi connectivity index (χ4n) is 3.72. The molecule has 0 fully saturated rings. The molecule has 4 rings (SSSR count). The number of nitrogens with zero attached hydrogens (tertiary/aromatic N) is 1. The summed E-state index contributed by atoms with van der Waals surface area (Å²) in [6.07, 6.45) is 1.71. The van der Waals surface area contributed by atoms with Gasteiger partial charge in [-0.15, -0.1) is 22.7 Å². The summed E-state index contributed by atoms with van der Waals surface area (Å²) in [4.78, 5) is 52.3. The largest absolute Gasteiger partial charge is 0.464 e. The number of aromatic amines is 1. The van der Waals surface area contributed by atoms with Crippen molar-refractivity contribution in [1.29, 1.82) is 0 Å². The molecule has 0 unspecified atom stereocenters. The highest BCUT2D eigenvalue weighted by Gasteiger charge is 2.26. The van der Waals surface area contributed by atoms with Crippen LogP contribution in [-0.2, 0) is 16.1 Å². The van der Waals surface area contributed by atoms with Gasteiger partial charge in [0.1, 0.15) is 6.04 Å². The van der Waals surface area contributed by atoms with Crippen LogP contribution >= 0.6 is 22.7 Å². The van der Waals surface area contributed by atoms with E-state index in [0.717, 1.165) is 27.8 Å². The molecule has 0 aliphatic heterocycles. The zero-order valence-corrected chi connectivity index (χ0v) is 23.3. The number of carbonyl (C=O) groups is 4. The molecule has 0 saturated carbocycles. The number of H-pyrrole nitrogens is 1. The SMILES string of the molecule is Cc1cc(C(=O)NCc2cccc3[nH]ncc23)sc1C(=O)N[C@@H](CNC(=O)c1cccs1)C(=O)OCC(C)C. The molecule has 3 heterocycles. The third-order valence-corrected chi connectivity index (χ3v) is 7.83. The summed E-state index contributed by atoms with van der Waals surface area (Å²) >= 11 is 2.30. The van der Waals surface area contributed by atoms with Crippen LogP contribution in [0.4, 0.5) is 0 Å². The van der Waals surface area contributed by atoms with Crippen LogP contribution in [0.5, 0.6) is 0 Å². The Bertz CT molecular complexity index is 1470. The second kappa shape index (κ2) is 12.7. The van der Waals surface area contributed by atoms with Gasteiger partial charge in [0.2, 0.25) is 0 Å². The van der Waals surface area contributed by atoms with Crippen molar-refractivity contribution < 1.29 is 23.9 Å². The summed E-state index contributed by atoms with van der Waals surface area (Å²) in [5.41, 5.74) is 2.38. The highest BCUT2D eigenvalue weighted by Crippen LogP contribution is 2.23. The number of amides is 3. The Labute approximate surface area is 233 Å². The number of hydrogen-bond donors (Lipinski definition) is 4. The van der Waals surface area contributed by atoms with Crippen molar-refractivity contribution >= 4 is 57.3 Å². The number of nitrogens with one attached hydrogen (secondary N) is 4. The molecular formula is C27H29N5O5S2. The first-order valence-electron chi connectivity index (χ1n) is 12.3. The number of aromatic nitrogens is 2. The van der Waals surface area contributed by atoms with Crippen LogP contribution in [0.25, 0.3) is 10.9 Å². The molecule has 0 spiro atoms. The molecule has 3 aromatic heterocycles. The van der Waals surface area contributed by atoms with Crippen molar-refractivity contribution in [3.05, 3.63) is 73.7 Å². The van der Waals surface area contributed by atoms with Crippen LogP contribution in [0.2, 0.25) is 0 Å². The number of aryl methyl sites for hydroxylation is 1. The van der Waals surface area contributed by atoms with Crippen molar-refractivity contribution in [1.82, 2.24) is 26.1 Å². The summed E-state index contributed by atoms with van der Waals surface area (Å²) in [5, 5.41) is 17.9. The number of hydrogen-bond acceptors (Lipinski definition) is 8. The molecule has 4 N–H and O–H groups in total. The Hall–Kier alpha value is -4.03. The Morgan fingerprint density at radius 1 is 1.03 bits per heavy atom. The lowest BCUT2D eigenvalue weighted by atomic mass is 10.1. The average Bonchev–Trinajstić information content (AvgIpc) is 3.69. The zero-order chi connectivity index (χ0) is 27.9. The minimum absolute atomic E-state index is 0.104. The smallest absolute Gasteiger partial charge is 0.330 e. The van der Waals surface area contributed by atoms with Gasteiger partial charge in [0.05, 0.1) is 33.0 Å². The van der Waals surface area contributed by atoms with E-state index in [4.69, 9.17) is 4.74 Å². The van der Waals surface area contributed by atoms with Crippen LogP contribution in [0.1, 0.15) is 54.0 Å². The number of rotatable bonds is 11. The number of ether oxygens (including phenoxy) is 1. The maximum absolute atomic E-state index is 13.2. The summed E-state index contributed by atoms with van der Waals surface area (Å²) in [5.74, 6) is -1.75. The molecule has 39 heavy (non-hydrogen) atoms. The second-order valence-corrected chi connectivity index (χ2v) is 11.3. The highest BCUT2D eigenvalue weighted by molar-refractivity contribution is 7.16. The van der Waals surface area contributed by atoms with Crippen LogP contribution < -0.4 is 16.0 Å². The molecule has 204 valence electrons. The number of carbonyl (C=O) groups excluding carboxylic acids is 4. The molecule has 1 aromatic carbocycles. The van der Waals surface area contributed by atoms with Gasteiger partial charge < -0.3 is 20.7 Å². The lowest BCUT2D eigenvalue weighted by Crippen LogP contribution is -2.49. The normalized spacial score (nSPS) is 11.8. The van der Waals surface area contributed by atoms with Gasteiger partial charge in [0.15, 0.2) is 0 Å². The van der Waals surface area contributed by atoms with Gasteiger partial charge in [-0.1, -0.05) is 32.0 Å². The first-order valence-corrected chi connectivity index (χ1v) is 14.0. The lowest BCUT2D eigenvalue weighted by Gasteiger charge is -2.19. The Balaban J connectivity index is 1.42. The number of thiophene rings is 2. The average molecular weight is 568 g/mol. The van der Waals surface area contributed by atoms with Crippen molar-refractivity contribution in [2.75, 3.05) is 13.2 Å². The summed E-state index contributed by atoms with van der Waals surface area (Å²) < 4.78 is 5.33. The third kappa shape index (κ3) is 7.09. The second-order valence-electron chi connectivity index (χ2n) is 9.29. The van der Waals surface area contributed by atoms with Crippen LogP contribution in [0, 0.1) is 12.8 Å². The number of fused-ring (bicyclic) bond motifs is 1. The molecule has 0 bridgehead atoms. The topological polar surface area (TPSA) is 142 Å². The molecule has 0 aliphatic carbocycles. The van der Waals surface area contributed by atoms with E-state index in [1.807, 2.05) is 32.0 Å². The van der Waals surface area contributed by atoms with E-state index in [9.17, 15) is 19.2 Å². The van der Waals surface area contributed by atoms with E-state index in [1.54, 1.807) is 36.7 Å². The fraction of sp³-hybridized carbons (Fsp3) is 0.296. The van der Waals surface area contributed by atoms with E-state index in [-0.39, 0.29) is 30.9 Å². The minimum Gasteiger partial charge on any atom is -0.464 e. The van der Waals surface area contributed by atoms with E-state index in [0.29, 0.717) is 26.7 Å². The number of benzene rings is 1. The van der Waals surface area contributed by atoms with Gasteiger partial charge in [0.25, 0.3) is 17.7 Å². The van der Waals surface area contributed by atoms with Gasteiger partial charge in [-0.25, -0.2) is 4.79 Å². The van der Waals surface area contributed by atoms with Gasteiger partial charge >= 0.3 is 5.97 Å². The fourth-order valence-corrected chi connectivity index (χ4v) is 5.35. The van der Waals surface area contributed by atoms with Crippen molar-refractivity contribution in [2.45, 2.75) is 33.4 Å². The van der Waals surface area contributed by atoms with Crippen molar-refractivity contribution in [3.63, 3.8) is 0 Å². The van der Waals surface area contributed by atoms with Crippen molar-refractivity contribution in [2.24, 2.45) is 5.92 Å². The summed E-state index contributed by atoms with van der Waals surface area (Å²) in [7, 11) is 0. The van der Waals surface area contributed by atoms with Gasteiger partial charge in [-0.05, 0) is 47.5 Å². The van der Waals surface area contributed by atoms with Crippen LogP contribution in [-0.4, -0.2) is 53.1 Å². The first kappa shape index (κ1) is 28.0. The Morgan fingerprint density at radius 2 is 1.82 bits per heavy atom. The maximum atomic E-state index is 13.2. The maximum Gasteiger partial charge on any atom is 0.330 e. The van der Waals surface area contributed by atoms with E-state index >= 15 is 0 Å². The Kier molecular flexibility index (Phi) is 9.10. The highest BCUT2D eigenvalue weighted by atomic mass is 32.1. The molecule has 12 heteroatoms. The molecule has 0 saturated heterocycles. The minimum atomic E-state index is -1.10. The van der Waals surface area contributed by atoms with E-state index in [1.165, 1.54) is 11.3 Å². The Morgan fingerprint density at radius 3 is 2.56 bits per heavy atom. The van der Waals surface area contributed by atoms with Gasteiger partial charge in [-0.2, -0.15) is 5.10 Å². The van der Waals surface area contributed by atoms with E-state index in [2.05, 4.69) is 26.1 Å². The third-order valence-electron chi connectivity index (χ3n) is 5.72. The lowest BCUT2D eigenvalue weighted by molar-refractivity contribution is -0.146. The van der Waals surface area contributed by atoms with Crippen molar-refractivity contribution in [3.8, 4) is 0 Å². The quantitative estimate of drug-likeness (QED) is 0.204. The van der Waals surface area contributed by atoms with Gasteiger partial charge in [0, 0.05) is 18.5 Å². The molecule has 10 nitrogen and oxygen atoms in total. The summed E-state index contributed by atoms with van der Waals surface area (Å²) in [6, 6.07) is 9.65. The summed E-state index contributed by atoms with van der Waals surface area (Å²) in [6.45, 7) is 5.85. The standard InChI is InChI=1S/C27H29N5O5S2/c1-15(2)14-37-27(36)20(13-29-24(33)21-8-5-9-38-21)31-26(35)23-16(3)10-22(39-23)25(34)28-11-17-6-4-7-19-18(17)12-30-32-19/h4-10,12,15,20H,11,13-14H2,1-3H3,(H,28,34)(H,29,33)(H,30,32)(H,31,35)/t20-/m0/s1. The van der Waals surface area contributed by atoms with Gasteiger partial charge in [-0.3, -0.25) is 19.5 Å².